The van der Waals surface area contributed by atoms with Crippen LogP contribution in [-0.2, 0) is 11.2 Å². The monoisotopic (exact) mass is 250 g/mol. The van der Waals surface area contributed by atoms with Crippen LogP contribution < -0.4 is 4.74 Å². The van der Waals surface area contributed by atoms with E-state index >= 15 is 0 Å². The first-order valence-corrected chi connectivity index (χ1v) is 5.20. The molecule has 0 radical (unpaired) electrons. The summed E-state index contributed by atoms with van der Waals surface area (Å²) in [7, 11) is 1.39. The van der Waals surface area contributed by atoms with E-state index in [1.807, 2.05) is 0 Å². The SMILES string of the molecule is COc1ccc(-n2ccc(CC(=O)O)n2)cc1F. The third-order valence-corrected chi connectivity index (χ3v) is 2.38. The molecule has 0 fully saturated rings. The largest absolute Gasteiger partial charge is 0.494 e. The highest BCUT2D eigenvalue weighted by molar-refractivity contribution is 5.69. The van der Waals surface area contributed by atoms with Gasteiger partial charge in [0.1, 0.15) is 0 Å². The number of carbonyl (C=O) groups is 1. The maximum absolute atomic E-state index is 13.5. The van der Waals surface area contributed by atoms with Crippen LogP contribution in [0.1, 0.15) is 5.69 Å². The molecular weight excluding hydrogens is 239 g/mol. The molecule has 1 aromatic carbocycles. The molecule has 0 atom stereocenters. The number of hydrogen-bond acceptors (Lipinski definition) is 3. The Morgan fingerprint density at radius 1 is 1.50 bits per heavy atom. The van der Waals surface area contributed by atoms with Crippen molar-refractivity contribution in [2.75, 3.05) is 7.11 Å². The highest BCUT2D eigenvalue weighted by Crippen LogP contribution is 2.19. The smallest absolute Gasteiger partial charge is 0.309 e. The van der Waals surface area contributed by atoms with Crippen LogP contribution in [0.15, 0.2) is 30.5 Å². The number of carboxylic acid groups (broad SMARTS) is 1. The van der Waals surface area contributed by atoms with Crippen molar-refractivity contribution < 1.29 is 19.0 Å². The summed E-state index contributed by atoms with van der Waals surface area (Å²) in [6, 6.07) is 5.98. The molecule has 0 aliphatic rings. The van der Waals surface area contributed by atoms with E-state index in [2.05, 4.69) is 5.10 Å². The Hall–Kier alpha value is -2.37. The van der Waals surface area contributed by atoms with Crippen LogP contribution in [0.5, 0.6) is 5.75 Å². The van der Waals surface area contributed by atoms with Crippen molar-refractivity contribution in [1.82, 2.24) is 9.78 Å². The van der Waals surface area contributed by atoms with Crippen molar-refractivity contribution in [1.29, 1.82) is 0 Å². The number of aromatic nitrogens is 2. The second-order valence-electron chi connectivity index (χ2n) is 3.64. The lowest BCUT2D eigenvalue weighted by Crippen LogP contribution is -2.02. The normalized spacial score (nSPS) is 10.3. The first-order valence-electron chi connectivity index (χ1n) is 5.20. The fourth-order valence-corrected chi connectivity index (χ4v) is 1.55. The van der Waals surface area contributed by atoms with Crippen molar-refractivity contribution >= 4 is 5.97 Å². The minimum absolute atomic E-state index is 0.150. The van der Waals surface area contributed by atoms with Gasteiger partial charge in [0.25, 0.3) is 0 Å². The van der Waals surface area contributed by atoms with E-state index in [9.17, 15) is 9.18 Å². The average molecular weight is 250 g/mol. The molecule has 5 nitrogen and oxygen atoms in total. The lowest BCUT2D eigenvalue weighted by molar-refractivity contribution is -0.136. The van der Waals surface area contributed by atoms with E-state index in [0.717, 1.165) is 0 Å². The van der Waals surface area contributed by atoms with E-state index in [1.165, 1.54) is 23.9 Å². The van der Waals surface area contributed by atoms with Crippen LogP contribution in [0.25, 0.3) is 5.69 Å². The topological polar surface area (TPSA) is 64.3 Å². The van der Waals surface area contributed by atoms with E-state index in [0.29, 0.717) is 11.4 Å². The Morgan fingerprint density at radius 2 is 2.28 bits per heavy atom. The highest BCUT2D eigenvalue weighted by Gasteiger charge is 2.08. The zero-order valence-corrected chi connectivity index (χ0v) is 9.63. The van der Waals surface area contributed by atoms with Crippen molar-refractivity contribution in [2.45, 2.75) is 6.42 Å². The summed E-state index contributed by atoms with van der Waals surface area (Å²) in [5, 5.41) is 12.7. The molecule has 1 N–H and O–H groups in total. The Balaban J connectivity index is 2.28. The van der Waals surface area contributed by atoms with Crippen molar-refractivity contribution in [3.8, 4) is 11.4 Å². The summed E-state index contributed by atoms with van der Waals surface area (Å²) >= 11 is 0. The molecule has 6 heteroatoms. The first-order chi connectivity index (χ1) is 8.60. The molecule has 1 heterocycles. The van der Waals surface area contributed by atoms with E-state index in [1.54, 1.807) is 18.3 Å². The summed E-state index contributed by atoms with van der Waals surface area (Å²) in [4.78, 5) is 10.5. The fourth-order valence-electron chi connectivity index (χ4n) is 1.55. The third-order valence-electron chi connectivity index (χ3n) is 2.38. The van der Waals surface area contributed by atoms with Crippen molar-refractivity contribution in [3.63, 3.8) is 0 Å². The Kier molecular flexibility index (Phi) is 3.27. The van der Waals surface area contributed by atoms with Gasteiger partial charge in [0.2, 0.25) is 0 Å². The molecular formula is C12H11FN2O3. The van der Waals surface area contributed by atoms with E-state index in [-0.39, 0.29) is 12.2 Å². The molecule has 0 saturated heterocycles. The standard InChI is InChI=1S/C12H11FN2O3/c1-18-11-3-2-9(7-10(11)13)15-5-4-8(14-15)6-12(16)17/h2-5,7H,6H2,1H3,(H,16,17). The summed E-state index contributed by atoms with van der Waals surface area (Å²) in [5.74, 6) is -1.30. The number of benzene rings is 1. The molecule has 0 bridgehead atoms. The number of halogens is 1. The molecule has 1 aromatic heterocycles. The number of methoxy groups -OCH3 is 1. The Morgan fingerprint density at radius 3 is 2.89 bits per heavy atom. The van der Waals surface area contributed by atoms with Crippen LogP contribution in [-0.4, -0.2) is 28.0 Å². The van der Waals surface area contributed by atoms with E-state index in [4.69, 9.17) is 9.84 Å². The lowest BCUT2D eigenvalue weighted by atomic mass is 10.3. The number of carboxylic acids is 1. The van der Waals surface area contributed by atoms with Crippen LogP contribution in [0.2, 0.25) is 0 Å². The Bertz CT molecular complexity index is 580. The number of aliphatic carboxylic acids is 1. The minimum atomic E-state index is -0.957. The van der Waals surface area contributed by atoms with Gasteiger partial charge in [0.15, 0.2) is 11.6 Å². The quantitative estimate of drug-likeness (QED) is 0.896. The molecule has 2 aromatic rings. The predicted octanol–water partition coefficient (Wildman–Crippen LogP) is 1.65. The zero-order valence-electron chi connectivity index (χ0n) is 9.63. The van der Waals surface area contributed by atoms with Crippen LogP contribution in [0, 0.1) is 5.82 Å². The summed E-state index contributed by atoms with van der Waals surface area (Å²) in [5.41, 5.74) is 0.920. The van der Waals surface area contributed by atoms with Gasteiger partial charge in [-0.1, -0.05) is 0 Å². The fraction of sp³-hybridized carbons (Fsp3) is 0.167. The molecule has 94 valence electrons. The summed E-state index contributed by atoms with van der Waals surface area (Å²) in [6.07, 6.45) is 1.42. The highest BCUT2D eigenvalue weighted by atomic mass is 19.1. The van der Waals surface area contributed by atoms with E-state index < -0.39 is 11.8 Å². The molecule has 0 amide bonds. The van der Waals surface area contributed by atoms with Gasteiger partial charge in [-0.15, -0.1) is 0 Å². The third kappa shape index (κ3) is 2.48. The second-order valence-corrected chi connectivity index (χ2v) is 3.64. The van der Waals surface area contributed by atoms with Crippen LogP contribution in [0.4, 0.5) is 4.39 Å². The Labute approximate surface area is 102 Å². The van der Waals surface area contributed by atoms with Crippen molar-refractivity contribution in [2.24, 2.45) is 0 Å². The van der Waals surface area contributed by atoms with Gasteiger partial charge in [-0.25, -0.2) is 9.07 Å². The van der Waals surface area contributed by atoms with Gasteiger partial charge in [-0.2, -0.15) is 5.10 Å². The minimum Gasteiger partial charge on any atom is -0.494 e. The van der Waals surface area contributed by atoms with Gasteiger partial charge >= 0.3 is 5.97 Å². The number of hydrogen-bond donors (Lipinski definition) is 1. The molecule has 0 aliphatic heterocycles. The first kappa shape index (κ1) is 12.1. The number of ether oxygens (including phenoxy) is 1. The maximum Gasteiger partial charge on any atom is 0.309 e. The van der Waals surface area contributed by atoms with Gasteiger partial charge < -0.3 is 9.84 Å². The van der Waals surface area contributed by atoms with Crippen LogP contribution >= 0.6 is 0 Å². The van der Waals surface area contributed by atoms with Crippen LogP contribution in [0.3, 0.4) is 0 Å². The second kappa shape index (κ2) is 4.87. The zero-order chi connectivity index (χ0) is 13.1. The summed E-state index contributed by atoms with van der Waals surface area (Å²) in [6.45, 7) is 0. The maximum atomic E-state index is 13.5. The van der Waals surface area contributed by atoms with Gasteiger partial charge in [-0.05, 0) is 18.2 Å². The van der Waals surface area contributed by atoms with Gasteiger partial charge in [0.05, 0.1) is 24.9 Å². The average Bonchev–Trinajstić information content (AvgIpc) is 2.76. The van der Waals surface area contributed by atoms with Gasteiger partial charge in [-0.3, -0.25) is 4.79 Å². The predicted molar refractivity (Wildman–Crippen MR) is 61.4 cm³/mol. The molecule has 0 aliphatic carbocycles. The molecule has 18 heavy (non-hydrogen) atoms. The van der Waals surface area contributed by atoms with Crippen molar-refractivity contribution in [3.05, 3.63) is 42.0 Å². The number of rotatable bonds is 4. The summed E-state index contributed by atoms with van der Waals surface area (Å²) < 4.78 is 19.7. The molecule has 0 saturated carbocycles. The lowest BCUT2D eigenvalue weighted by Gasteiger charge is -2.05. The molecule has 0 unspecified atom stereocenters. The molecule has 0 spiro atoms. The molecule has 2 rings (SSSR count). The van der Waals surface area contributed by atoms with Gasteiger partial charge in [0, 0.05) is 12.3 Å². The number of nitrogens with zero attached hydrogens (tertiary/aromatic N) is 2.